The number of carbonyl (C=O) groups excluding carboxylic acids is 1. The number of morpholine rings is 1. The van der Waals surface area contributed by atoms with E-state index >= 15 is 0 Å². The molecule has 0 N–H and O–H groups in total. The van der Waals surface area contributed by atoms with Gasteiger partial charge in [0.05, 0.1) is 19.3 Å². The zero-order chi connectivity index (χ0) is 17.8. The smallest absolute Gasteiger partial charge is 0.325 e. The van der Waals surface area contributed by atoms with Crippen molar-refractivity contribution >= 4 is 11.7 Å². The molecule has 0 bridgehead atoms. The summed E-state index contributed by atoms with van der Waals surface area (Å²) in [4.78, 5) is 20.0. The van der Waals surface area contributed by atoms with E-state index in [0.717, 1.165) is 51.5 Å². The molecule has 1 aromatic rings. The first kappa shape index (κ1) is 17.8. The molecule has 1 aromatic carbocycles. The summed E-state index contributed by atoms with van der Waals surface area (Å²) in [6.45, 7) is 5.61. The van der Waals surface area contributed by atoms with Gasteiger partial charge in [-0.05, 0) is 31.4 Å². The molecule has 4 rings (SSSR count). The second-order valence-electron chi connectivity index (χ2n) is 7.83. The van der Waals surface area contributed by atoms with Crippen LogP contribution in [0.25, 0.3) is 0 Å². The third-order valence-electron chi connectivity index (χ3n) is 6.16. The predicted molar refractivity (Wildman–Crippen MR) is 104 cm³/mol. The van der Waals surface area contributed by atoms with Gasteiger partial charge in [0.15, 0.2) is 0 Å². The summed E-state index contributed by atoms with van der Waals surface area (Å²) in [6, 6.07) is 11.2. The lowest BCUT2D eigenvalue weighted by molar-refractivity contribution is 0.0366. The van der Waals surface area contributed by atoms with Crippen LogP contribution >= 0.6 is 0 Å². The van der Waals surface area contributed by atoms with Crippen molar-refractivity contribution in [3.8, 4) is 0 Å². The number of nitrogens with zero attached hydrogens (tertiary/aromatic N) is 3. The summed E-state index contributed by atoms with van der Waals surface area (Å²) in [5.74, 6) is 0. The van der Waals surface area contributed by atoms with E-state index in [9.17, 15) is 4.79 Å². The van der Waals surface area contributed by atoms with E-state index in [2.05, 4.69) is 26.8 Å². The normalized spacial score (nSPS) is 25.8. The van der Waals surface area contributed by atoms with Crippen LogP contribution in [-0.4, -0.2) is 67.3 Å². The van der Waals surface area contributed by atoms with E-state index in [-0.39, 0.29) is 12.1 Å². The Kier molecular flexibility index (Phi) is 5.75. The van der Waals surface area contributed by atoms with Gasteiger partial charge >= 0.3 is 6.03 Å². The summed E-state index contributed by atoms with van der Waals surface area (Å²) in [5, 5.41) is 0. The average Bonchev–Trinajstić information content (AvgIpc) is 3.05. The Balaban J connectivity index is 1.48. The molecule has 1 saturated carbocycles. The molecule has 1 atom stereocenters. The van der Waals surface area contributed by atoms with Gasteiger partial charge in [-0.15, -0.1) is 0 Å². The highest BCUT2D eigenvalue weighted by Crippen LogP contribution is 2.32. The van der Waals surface area contributed by atoms with Gasteiger partial charge in [-0.1, -0.05) is 37.5 Å². The maximum absolute atomic E-state index is 13.3. The van der Waals surface area contributed by atoms with E-state index in [1.165, 1.54) is 32.1 Å². The van der Waals surface area contributed by atoms with Crippen LogP contribution in [0.15, 0.2) is 30.3 Å². The number of para-hydroxylation sites is 1. The quantitative estimate of drug-likeness (QED) is 0.811. The monoisotopic (exact) mass is 357 g/mol. The highest BCUT2D eigenvalue weighted by atomic mass is 16.5. The maximum atomic E-state index is 13.3. The van der Waals surface area contributed by atoms with E-state index in [4.69, 9.17) is 4.74 Å². The van der Waals surface area contributed by atoms with Gasteiger partial charge < -0.3 is 9.64 Å². The highest BCUT2D eigenvalue weighted by Gasteiger charge is 2.41. The maximum Gasteiger partial charge on any atom is 0.325 e. The molecule has 0 radical (unpaired) electrons. The Labute approximate surface area is 156 Å². The van der Waals surface area contributed by atoms with Crippen molar-refractivity contribution in [2.45, 2.75) is 50.6 Å². The van der Waals surface area contributed by atoms with Gasteiger partial charge in [-0.25, -0.2) is 4.79 Å². The van der Waals surface area contributed by atoms with Gasteiger partial charge in [-0.2, -0.15) is 0 Å². The lowest BCUT2D eigenvalue weighted by Crippen LogP contribution is -2.41. The lowest BCUT2D eigenvalue weighted by Gasteiger charge is -2.30. The van der Waals surface area contributed by atoms with Crippen LogP contribution in [0.2, 0.25) is 0 Å². The molecule has 2 heterocycles. The van der Waals surface area contributed by atoms with Crippen molar-refractivity contribution in [3.63, 3.8) is 0 Å². The molecule has 3 fully saturated rings. The summed E-state index contributed by atoms with van der Waals surface area (Å²) in [7, 11) is 0. The molecule has 5 heteroatoms. The fraction of sp³-hybridized carbons (Fsp3) is 0.667. The molecule has 5 nitrogen and oxygen atoms in total. The number of rotatable bonds is 5. The van der Waals surface area contributed by atoms with Gasteiger partial charge in [-0.3, -0.25) is 9.80 Å². The zero-order valence-corrected chi connectivity index (χ0v) is 15.7. The average molecular weight is 357 g/mol. The minimum atomic E-state index is 0.218. The first-order chi connectivity index (χ1) is 12.8. The van der Waals surface area contributed by atoms with Crippen LogP contribution in [-0.2, 0) is 4.74 Å². The topological polar surface area (TPSA) is 36.0 Å². The Morgan fingerprint density at radius 3 is 2.46 bits per heavy atom. The zero-order valence-electron chi connectivity index (χ0n) is 15.7. The van der Waals surface area contributed by atoms with Crippen molar-refractivity contribution in [1.82, 2.24) is 9.80 Å². The molecular formula is C21H31N3O2. The summed E-state index contributed by atoms with van der Waals surface area (Å²) >= 11 is 0. The van der Waals surface area contributed by atoms with Crippen LogP contribution in [0.5, 0.6) is 0 Å². The SMILES string of the molecule is O=C1N(C2CCCCC2)CC(CCN2CCOCC2)N1c1ccccc1. The van der Waals surface area contributed by atoms with Gasteiger partial charge in [0.1, 0.15) is 0 Å². The molecule has 142 valence electrons. The molecule has 0 spiro atoms. The Bertz CT molecular complexity index is 582. The lowest BCUT2D eigenvalue weighted by atomic mass is 9.94. The number of ether oxygens (including phenoxy) is 1. The van der Waals surface area contributed by atoms with Crippen LogP contribution in [0.1, 0.15) is 38.5 Å². The second-order valence-corrected chi connectivity index (χ2v) is 7.83. The summed E-state index contributed by atoms with van der Waals surface area (Å²) < 4.78 is 5.46. The first-order valence-corrected chi connectivity index (χ1v) is 10.3. The molecule has 1 unspecified atom stereocenters. The number of carbonyl (C=O) groups is 1. The molecule has 2 saturated heterocycles. The fourth-order valence-corrected chi connectivity index (χ4v) is 4.67. The standard InChI is InChI=1S/C21H31N3O2/c25-21-23(18-7-3-1-4-8-18)17-20(11-12-22-13-15-26-16-14-22)24(21)19-9-5-2-6-10-19/h2,5-6,9-10,18,20H,1,3-4,7-8,11-17H2. The van der Waals surface area contributed by atoms with Crippen LogP contribution in [0.4, 0.5) is 10.5 Å². The first-order valence-electron chi connectivity index (χ1n) is 10.3. The molecule has 3 aliphatic rings. The highest BCUT2D eigenvalue weighted by molar-refractivity contribution is 5.95. The van der Waals surface area contributed by atoms with Crippen LogP contribution in [0, 0.1) is 0 Å². The largest absolute Gasteiger partial charge is 0.379 e. The third kappa shape index (κ3) is 3.89. The van der Waals surface area contributed by atoms with E-state index in [1.807, 2.05) is 18.2 Å². The third-order valence-corrected chi connectivity index (χ3v) is 6.16. The van der Waals surface area contributed by atoms with E-state index < -0.39 is 0 Å². The van der Waals surface area contributed by atoms with Crippen molar-refractivity contribution in [2.24, 2.45) is 0 Å². The fourth-order valence-electron chi connectivity index (χ4n) is 4.67. The van der Waals surface area contributed by atoms with Crippen molar-refractivity contribution in [1.29, 1.82) is 0 Å². The predicted octanol–water partition coefficient (Wildman–Crippen LogP) is 3.35. The molecular weight excluding hydrogens is 326 g/mol. The minimum Gasteiger partial charge on any atom is -0.379 e. The number of hydrogen-bond acceptors (Lipinski definition) is 3. The van der Waals surface area contributed by atoms with Crippen LogP contribution < -0.4 is 4.90 Å². The van der Waals surface area contributed by atoms with Crippen molar-refractivity contribution in [3.05, 3.63) is 30.3 Å². The van der Waals surface area contributed by atoms with E-state index in [1.54, 1.807) is 0 Å². The number of hydrogen-bond donors (Lipinski definition) is 0. The number of benzene rings is 1. The number of anilines is 1. The molecule has 2 aliphatic heterocycles. The minimum absolute atomic E-state index is 0.218. The van der Waals surface area contributed by atoms with Gasteiger partial charge in [0.2, 0.25) is 0 Å². The molecule has 2 amide bonds. The molecule has 0 aromatic heterocycles. The van der Waals surface area contributed by atoms with Gasteiger partial charge in [0.25, 0.3) is 0 Å². The van der Waals surface area contributed by atoms with Crippen LogP contribution in [0.3, 0.4) is 0 Å². The Morgan fingerprint density at radius 1 is 1.00 bits per heavy atom. The number of urea groups is 1. The van der Waals surface area contributed by atoms with E-state index in [0.29, 0.717) is 6.04 Å². The molecule has 26 heavy (non-hydrogen) atoms. The number of amides is 2. The van der Waals surface area contributed by atoms with Crippen molar-refractivity contribution in [2.75, 3.05) is 44.3 Å². The Morgan fingerprint density at radius 2 is 1.73 bits per heavy atom. The summed E-state index contributed by atoms with van der Waals surface area (Å²) in [6.07, 6.45) is 7.22. The summed E-state index contributed by atoms with van der Waals surface area (Å²) in [5.41, 5.74) is 1.04. The van der Waals surface area contributed by atoms with Crippen molar-refractivity contribution < 1.29 is 9.53 Å². The Hall–Kier alpha value is -1.59. The van der Waals surface area contributed by atoms with Gasteiger partial charge in [0, 0.05) is 37.9 Å². The molecule has 1 aliphatic carbocycles. The second kappa shape index (κ2) is 8.40.